The Morgan fingerprint density at radius 2 is 2.19 bits per heavy atom. The number of ether oxygens (including phenoxy) is 1. The number of carbonyl (C=O) groups excluding carboxylic acids is 1. The summed E-state index contributed by atoms with van der Waals surface area (Å²) in [6.45, 7) is 0.795. The van der Waals surface area contributed by atoms with Crippen LogP contribution in [0.1, 0.15) is 10.4 Å². The third kappa shape index (κ3) is 2.55. The predicted molar refractivity (Wildman–Crippen MR) is 75.2 cm³/mol. The Morgan fingerprint density at radius 3 is 3.00 bits per heavy atom. The van der Waals surface area contributed by atoms with Crippen molar-refractivity contribution in [2.24, 2.45) is 0 Å². The summed E-state index contributed by atoms with van der Waals surface area (Å²) in [7, 11) is 0. The molecule has 1 fully saturated rings. The molecule has 0 radical (unpaired) electrons. The van der Waals surface area contributed by atoms with Crippen molar-refractivity contribution in [3.05, 3.63) is 46.3 Å². The summed E-state index contributed by atoms with van der Waals surface area (Å²) in [6, 6.07) is 8.12. The SMILES string of the molecule is O=C(c1cc2ccccc2oc1=O)N1CCOCC1CO. The van der Waals surface area contributed by atoms with E-state index in [-0.39, 0.29) is 18.8 Å². The Kier molecular flexibility index (Phi) is 3.72. The average molecular weight is 289 g/mol. The van der Waals surface area contributed by atoms with Crippen LogP contribution >= 0.6 is 0 Å². The van der Waals surface area contributed by atoms with Crippen molar-refractivity contribution < 1.29 is 19.1 Å². The molecule has 110 valence electrons. The molecule has 1 aliphatic heterocycles. The lowest BCUT2D eigenvalue weighted by Gasteiger charge is -2.34. The van der Waals surface area contributed by atoms with E-state index in [4.69, 9.17) is 9.15 Å². The van der Waals surface area contributed by atoms with Gasteiger partial charge in [-0.05, 0) is 12.1 Å². The maximum absolute atomic E-state index is 12.5. The number of hydrogen-bond donors (Lipinski definition) is 1. The van der Waals surface area contributed by atoms with Gasteiger partial charge in [-0.25, -0.2) is 4.79 Å². The van der Waals surface area contributed by atoms with Gasteiger partial charge in [0.1, 0.15) is 11.1 Å². The van der Waals surface area contributed by atoms with Gasteiger partial charge in [-0.2, -0.15) is 0 Å². The van der Waals surface area contributed by atoms with Gasteiger partial charge in [-0.3, -0.25) is 4.79 Å². The minimum Gasteiger partial charge on any atom is -0.422 e. The van der Waals surface area contributed by atoms with Crippen LogP contribution in [0.5, 0.6) is 0 Å². The monoisotopic (exact) mass is 289 g/mol. The van der Waals surface area contributed by atoms with Crippen molar-refractivity contribution in [3.63, 3.8) is 0 Å². The van der Waals surface area contributed by atoms with E-state index in [1.807, 2.05) is 6.07 Å². The van der Waals surface area contributed by atoms with Gasteiger partial charge in [0.15, 0.2) is 0 Å². The van der Waals surface area contributed by atoms with E-state index in [1.165, 1.54) is 11.0 Å². The first-order valence-electron chi connectivity index (χ1n) is 6.73. The zero-order valence-electron chi connectivity index (χ0n) is 11.3. The van der Waals surface area contributed by atoms with E-state index in [1.54, 1.807) is 18.2 Å². The second-order valence-electron chi connectivity index (χ2n) is 4.90. The van der Waals surface area contributed by atoms with Crippen molar-refractivity contribution in [2.45, 2.75) is 6.04 Å². The molecule has 2 heterocycles. The summed E-state index contributed by atoms with van der Waals surface area (Å²) in [5.74, 6) is -0.433. The molecule has 0 saturated carbocycles. The maximum Gasteiger partial charge on any atom is 0.349 e. The van der Waals surface area contributed by atoms with Crippen LogP contribution in [0.4, 0.5) is 0 Å². The fraction of sp³-hybridized carbons (Fsp3) is 0.333. The zero-order valence-corrected chi connectivity index (χ0v) is 11.3. The van der Waals surface area contributed by atoms with Gasteiger partial charge in [0, 0.05) is 11.9 Å². The minimum atomic E-state index is -0.665. The molecule has 6 heteroatoms. The lowest BCUT2D eigenvalue weighted by molar-refractivity contribution is -0.0185. The highest BCUT2D eigenvalue weighted by Crippen LogP contribution is 2.16. The molecule has 1 atom stereocenters. The Balaban J connectivity index is 2.00. The lowest BCUT2D eigenvalue weighted by Crippen LogP contribution is -2.51. The van der Waals surface area contributed by atoms with Gasteiger partial charge in [-0.15, -0.1) is 0 Å². The molecule has 6 nitrogen and oxygen atoms in total. The number of hydrogen-bond acceptors (Lipinski definition) is 5. The summed E-state index contributed by atoms with van der Waals surface area (Å²) >= 11 is 0. The van der Waals surface area contributed by atoms with Crippen LogP contribution in [0, 0.1) is 0 Å². The van der Waals surface area contributed by atoms with Gasteiger partial charge in [0.25, 0.3) is 5.91 Å². The summed E-state index contributed by atoms with van der Waals surface area (Å²) in [5, 5.41) is 10.0. The molecular weight excluding hydrogens is 274 g/mol. The fourth-order valence-electron chi connectivity index (χ4n) is 2.44. The van der Waals surface area contributed by atoms with E-state index in [0.29, 0.717) is 24.1 Å². The van der Waals surface area contributed by atoms with E-state index in [0.717, 1.165) is 0 Å². The molecule has 0 aliphatic carbocycles. The third-order valence-corrected chi connectivity index (χ3v) is 3.57. The van der Waals surface area contributed by atoms with Crippen LogP contribution in [0.25, 0.3) is 11.0 Å². The number of benzene rings is 1. The van der Waals surface area contributed by atoms with Crippen molar-refractivity contribution in [1.82, 2.24) is 4.90 Å². The first-order valence-corrected chi connectivity index (χ1v) is 6.73. The Bertz CT molecular complexity index is 723. The smallest absolute Gasteiger partial charge is 0.349 e. The number of aliphatic hydroxyl groups excluding tert-OH is 1. The number of morpholine rings is 1. The quantitative estimate of drug-likeness (QED) is 0.820. The summed E-state index contributed by atoms with van der Waals surface area (Å²) in [4.78, 5) is 26.0. The molecule has 0 spiro atoms. The van der Waals surface area contributed by atoms with Crippen LogP contribution in [-0.4, -0.2) is 48.3 Å². The number of rotatable bonds is 2. The van der Waals surface area contributed by atoms with Crippen molar-refractivity contribution in [3.8, 4) is 0 Å². The minimum absolute atomic E-state index is 0.0194. The Labute approximate surface area is 120 Å². The molecular formula is C15H15NO5. The van der Waals surface area contributed by atoms with E-state index >= 15 is 0 Å². The highest BCUT2D eigenvalue weighted by Gasteiger charge is 2.29. The van der Waals surface area contributed by atoms with Crippen LogP contribution in [0.2, 0.25) is 0 Å². The molecule has 0 bridgehead atoms. The first-order chi connectivity index (χ1) is 10.2. The summed E-state index contributed by atoms with van der Waals surface area (Å²) < 4.78 is 10.4. The topological polar surface area (TPSA) is 80.0 Å². The molecule has 1 aromatic heterocycles. The lowest BCUT2D eigenvalue weighted by atomic mass is 10.1. The van der Waals surface area contributed by atoms with Crippen molar-refractivity contribution in [1.29, 1.82) is 0 Å². The normalized spacial score (nSPS) is 18.9. The standard InChI is InChI=1S/C15H15NO5/c17-8-11-9-20-6-5-16(11)14(18)12-7-10-3-1-2-4-13(10)21-15(12)19/h1-4,7,11,17H,5-6,8-9H2. The van der Waals surface area contributed by atoms with Gasteiger partial charge < -0.3 is 19.2 Å². The first kappa shape index (κ1) is 13.8. The number of amides is 1. The molecule has 21 heavy (non-hydrogen) atoms. The summed E-state index contributed by atoms with van der Waals surface area (Å²) in [5.41, 5.74) is -0.240. The van der Waals surface area contributed by atoms with Crippen LogP contribution in [0.3, 0.4) is 0 Å². The van der Waals surface area contributed by atoms with Gasteiger partial charge in [0.2, 0.25) is 0 Å². The molecule has 2 aromatic rings. The molecule has 1 aromatic carbocycles. The Hall–Kier alpha value is -2.18. The van der Waals surface area contributed by atoms with E-state index < -0.39 is 17.6 Å². The zero-order chi connectivity index (χ0) is 14.8. The second kappa shape index (κ2) is 5.67. The summed E-state index contributed by atoms with van der Waals surface area (Å²) in [6.07, 6.45) is 0. The van der Waals surface area contributed by atoms with E-state index in [9.17, 15) is 14.7 Å². The van der Waals surface area contributed by atoms with Gasteiger partial charge in [0.05, 0.1) is 25.9 Å². The van der Waals surface area contributed by atoms with Crippen LogP contribution in [0.15, 0.2) is 39.5 Å². The molecule has 3 rings (SSSR count). The maximum atomic E-state index is 12.5. The largest absolute Gasteiger partial charge is 0.422 e. The molecule has 1 unspecified atom stereocenters. The number of para-hydroxylation sites is 1. The number of nitrogens with zero attached hydrogens (tertiary/aromatic N) is 1. The second-order valence-corrected chi connectivity index (χ2v) is 4.90. The Morgan fingerprint density at radius 1 is 1.38 bits per heavy atom. The van der Waals surface area contributed by atoms with Crippen molar-refractivity contribution >= 4 is 16.9 Å². The molecule has 1 amide bonds. The van der Waals surface area contributed by atoms with Gasteiger partial charge in [-0.1, -0.05) is 18.2 Å². The van der Waals surface area contributed by atoms with Crippen LogP contribution < -0.4 is 5.63 Å². The number of carbonyl (C=O) groups is 1. The predicted octanol–water partition coefficient (Wildman–Crippen LogP) is 0.626. The van der Waals surface area contributed by atoms with Crippen LogP contribution in [-0.2, 0) is 4.74 Å². The van der Waals surface area contributed by atoms with Gasteiger partial charge >= 0.3 is 5.63 Å². The number of aliphatic hydroxyl groups is 1. The van der Waals surface area contributed by atoms with Crippen molar-refractivity contribution in [2.75, 3.05) is 26.4 Å². The molecule has 1 aliphatic rings. The third-order valence-electron chi connectivity index (χ3n) is 3.57. The molecule has 1 saturated heterocycles. The average Bonchev–Trinajstić information content (AvgIpc) is 2.53. The highest BCUT2D eigenvalue weighted by atomic mass is 16.5. The molecule has 1 N–H and O–H groups in total. The van der Waals surface area contributed by atoms with E-state index in [2.05, 4.69) is 0 Å². The fourth-order valence-corrected chi connectivity index (χ4v) is 2.44. The highest BCUT2D eigenvalue weighted by molar-refractivity contribution is 5.96. The number of fused-ring (bicyclic) bond motifs is 1.